The second-order valence-electron chi connectivity index (χ2n) is 3.00. The van der Waals surface area contributed by atoms with Crippen LogP contribution in [0.3, 0.4) is 0 Å². The van der Waals surface area contributed by atoms with Crippen molar-refractivity contribution >= 4 is 5.97 Å². The number of ether oxygens (including phenoxy) is 1. The first-order valence-electron chi connectivity index (χ1n) is 4.61. The minimum Gasteiger partial charge on any atom is -0.466 e. The molecule has 0 aromatic carbocycles. The van der Waals surface area contributed by atoms with Crippen LogP contribution in [0.5, 0.6) is 0 Å². The SMILES string of the molecule is C=C(C)CCO.C=C(CCO)C(=O)OC. The number of carbonyl (C=O) groups is 1. The van der Waals surface area contributed by atoms with Crippen molar-refractivity contribution in [1.82, 2.24) is 0 Å². The van der Waals surface area contributed by atoms with Gasteiger partial charge in [-0.2, -0.15) is 0 Å². The summed E-state index contributed by atoms with van der Waals surface area (Å²) in [6, 6.07) is 0. The topological polar surface area (TPSA) is 66.8 Å². The molecule has 0 spiro atoms. The molecule has 0 aliphatic heterocycles. The molecule has 0 aliphatic rings. The molecule has 0 aromatic heterocycles. The van der Waals surface area contributed by atoms with E-state index in [0.717, 1.165) is 12.0 Å². The fourth-order valence-electron chi connectivity index (χ4n) is 0.572. The summed E-state index contributed by atoms with van der Waals surface area (Å²) in [6.45, 7) is 9.03. The van der Waals surface area contributed by atoms with Crippen molar-refractivity contribution in [2.45, 2.75) is 19.8 Å². The molecule has 0 saturated heterocycles. The lowest BCUT2D eigenvalue weighted by atomic mass is 10.2. The van der Waals surface area contributed by atoms with E-state index in [1.807, 2.05) is 6.92 Å². The van der Waals surface area contributed by atoms with E-state index < -0.39 is 5.97 Å². The van der Waals surface area contributed by atoms with Gasteiger partial charge in [-0.15, -0.1) is 6.58 Å². The molecule has 0 unspecified atom stereocenters. The molecule has 2 N–H and O–H groups in total. The molecule has 0 aliphatic carbocycles. The minimum atomic E-state index is -0.455. The molecular formula is C11H20O4. The van der Waals surface area contributed by atoms with Gasteiger partial charge in [-0.1, -0.05) is 12.2 Å². The average Bonchev–Trinajstić information content (AvgIpc) is 2.17. The summed E-state index contributed by atoms with van der Waals surface area (Å²) < 4.78 is 4.31. The lowest BCUT2D eigenvalue weighted by Crippen LogP contribution is -2.04. The first-order chi connectivity index (χ1) is 6.99. The van der Waals surface area contributed by atoms with Crippen molar-refractivity contribution in [1.29, 1.82) is 0 Å². The van der Waals surface area contributed by atoms with Crippen LogP contribution in [0, 0.1) is 0 Å². The van der Waals surface area contributed by atoms with Gasteiger partial charge in [-0.3, -0.25) is 0 Å². The Labute approximate surface area is 90.9 Å². The number of hydrogen-bond donors (Lipinski definition) is 2. The van der Waals surface area contributed by atoms with Crippen LogP contribution in [-0.4, -0.2) is 36.5 Å². The van der Waals surface area contributed by atoms with Crippen molar-refractivity contribution < 1.29 is 19.7 Å². The number of esters is 1. The van der Waals surface area contributed by atoms with Gasteiger partial charge in [0.05, 0.1) is 7.11 Å². The van der Waals surface area contributed by atoms with E-state index >= 15 is 0 Å². The van der Waals surface area contributed by atoms with E-state index in [4.69, 9.17) is 10.2 Å². The fourth-order valence-corrected chi connectivity index (χ4v) is 0.572. The summed E-state index contributed by atoms with van der Waals surface area (Å²) in [7, 11) is 1.28. The Hall–Kier alpha value is -1.13. The molecule has 0 atom stereocenters. The summed E-state index contributed by atoms with van der Waals surface area (Å²) in [5.41, 5.74) is 1.34. The van der Waals surface area contributed by atoms with Gasteiger partial charge < -0.3 is 14.9 Å². The Morgan fingerprint density at radius 3 is 1.87 bits per heavy atom. The standard InChI is InChI=1S/C6H10O3.C5H10O/c1-5(3-4-7)6(8)9-2;1-5(2)3-4-6/h7H,1,3-4H2,2H3;6H,1,3-4H2,2H3. The number of aliphatic hydroxyl groups is 2. The molecule has 0 amide bonds. The van der Waals surface area contributed by atoms with Crippen LogP contribution < -0.4 is 0 Å². The minimum absolute atomic E-state index is 0.0616. The monoisotopic (exact) mass is 216 g/mol. The lowest BCUT2D eigenvalue weighted by molar-refractivity contribution is -0.136. The van der Waals surface area contributed by atoms with Crippen LogP contribution in [-0.2, 0) is 9.53 Å². The summed E-state index contributed by atoms with van der Waals surface area (Å²) in [5.74, 6) is -0.455. The smallest absolute Gasteiger partial charge is 0.333 e. The second-order valence-corrected chi connectivity index (χ2v) is 3.00. The molecule has 0 bridgehead atoms. The van der Waals surface area contributed by atoms with E-state index in [9.17, 15) is 4.79 Å². The predicted octanol–water partition coefficient (Wildman–Crippen LogP) is 1.04. The first kappa shape index (κ1) is 16.3. The highest BCUT2D eigenvalue weighted by atomic mass is 16.5. The van der Waals surface area contributed by atoms with Crippen molar-refractivity contribution in [3.8, 4) is 0 Å². The Balaban J connectivity index is 0. The van der Waals surface area contributed by atoms with Gasteiger partial charge in [0.2, 0.25) is 0 Å². The average molecular weight is 216 g/mol. The highest BCUT2D eigenvalue weighted by molar-refractivity contribution is 5.87. The largest absolute Gasteiger partial charge is 0.466 e. The maximum Gasteiger partial charge on any atom is 0.333 e. The zero-order valence-corrected chi connectivity index (χ0v) is 9.45. The van der Waals surface area contributed by atoms with Crippen LogP contribution >= 0.6 is 0 Å². The molecule has 0 rings (SSSR count). The van der Waals surface area contributed by atoms with E-state index in [2.05, 4.69) is 17.9 Å². The number of hydrogen-bond acceptors (Lipinski definition) is 4. The third kappa shape index (κ3) is 12.9. The highest BCUT2D eigenvalue weighted by Gasteiger charge is 2.03. The molecule has 0 fully saturated rings. The molecule has 0 aromatic rings. The summed E-state index contributed by atoms with van der Waals surface area (Å²) >= 11 is 0. The van der Waals surface area contributed by atoms with Gasteiger partial charge in [-0.25, -0.2) is 4.79 Å². The molecule has 0 heterocycles. The normalized spacial score (nSPS) is 8.53. The van der Waals surface area contributed by atoms with Crippen LogP contribution in [0.1, 0.15) is 19.8 Å². The number of aliphatic hydroxyl groups excluding tert-OH is 2. The van der Waals surface area contributed by atoms with Crippen molar-refractivity contribution in [3.05, 3.63) is 24.3 Å². The zero-order chi connectivity index (χ0) is 12.3. The van der Waals surface area contributed by atoms with Gasteiger partial charge in [0, 0.05) is 25.2 Å². The number of methoxy groups -OCH3 is 1. The molecule has 4 nitrogen and oxygen atoms in total. The maximum atomic E-state index is 10.5. The van der Waals surface area contributed by atoms with E-state index in [0.29, 0.717) is 5.57 Å². The second kappa shape index (κ2) is 10.9. The Morgan fingerprint density at radius 1 is 1.20 bits per heavy atom. The quantitative estimate of drug-likeness (QED) is 0.409. The van der Waals surface area contributed by atoms with Crippen LogP contribution in [0.15, 0.2) is 24.3 Å². The molecule has 88 valence electrons. The molecule has 4 heteroatoms. The van der Waals surface area contributed by atoms with Crippen molar-refractivity contribution in [3.63, 3.8) is 0 Å². The van der Waals surface area contributed by atoms with E-state index in [1.165, 1.54) is 7.11 Å². The molecule has 0 saturated carbocycles. The first-order valence-corrected chi connectivity index (χ1v) is 4.61. The van der Waals surface area contributed by atoms with Gasteiger partial charge in [-0.05, 0) is 13.3 Å². The predicted molar refractivity (Wildman–Crippen MR) is 59.4 cm³/mol. The number of carbonyl (C=O) groups excluding carboxylic acids is 1. The Kier molecular flexibility index (Phi) is 11.9. The Bertz CT molecular complexity index is 209. The van der Waals surface area contributed by atoms with Gasteiger partial charge in [0.15, 0.2) is 0 Å². The third-order valence-corrected chi connectivity index (χ3v) is 1.43. The van der Waals surface area contributed by atoms with E-state index in [-0.39, 0.29) is 19.6 Å². The van der Waals surface area contributed by atoms with Crippen molar-refractivity contribution in [2.75, 3.05) is 20.3 Å². The van der Waals surface area contributed by atoms with E-state index in [1.54, 1.807) is 0 Å². The summed E-state index contributed by atoms with van der Waals surface area (Å²) in [5, 5.41) is 16.5. The third-order valence-electron chi connectivity index (χ3n) is 1.43. The van der Waals surface area contributed by atoms with Crippen LogP contribution in [0.2, 0.25) is 0 Å². The van der Waals surface area contributed by atoms with Crippen LogP contribution in [0.25, 0.3) is 0 Å². The van der Waals surface area contributed by atoms with Gasteiger partial charge in [0.25, 0.3) is 0 Å². The Morgan fingerprint density at radius 2 is 1.67 bits per heavy atom. The molecule has 15 heavy (non-hydrogen) atoms. The zero-order valence-electron chi connectivity index (χ0n) is 9.45. The van der Waals surface area contributed by atoms with Crippen LogP contribution in [0.4, 0.5) is 0 Å². The number of rotatable bonds is 5. The fraction of sp³-hybridized carbons (Fsp3) is 0.545. The lowest BCUT2D eigenvalue weighted by Gasteiger charge is -1.98. The molecular weight excluding hydrogens is 196 g/mol. The summed E-state index contributed by atoms with van der Waals surface area (Å²) in [6.07, 6.45) is 1.02. The van der Waals surface area contributed by atoms with Gasteiger partial charge in [0.1, 0.15) is 0 Å². The van der Waals surface area contributed by atoms with Gasteiger partial charge >= 0.3 is 5.97 Å². The summed E-state index contributed by atoms with van der Waals surface area (Å²) in [4.78, 5) is 10.5. The van der Waals surface area contributed by atoms with Crippen molar-refractivity contribution in [2.24, 2.45) is 0 Å². The molecule has 0 radical (unpaired) electrons. The maximum absolute atomic E-state index is 10.5. The highest BCUT2D eigenvalue weighted by Crippen LogP contribution is 1.97.